The minimum atomic E-state index is -0.205. The summed E-state index contributed by atoms with van der Waals surface area (Å²) in [6, 6.07) is 21.9. The Morgan fingerprint density at radius 2 is 1.69 bits per heavy atom. The molecule has 2 fully saturated rings. The van der Waals surface area contributed by atoms with Crippen LogP contribution in [0, 0.1) is 5.92 Å². The Balaban J connectivity index is 1.17. The van der Waals surface area contributed by atoms with E-state index >= 15 is 0 Å². The predicted octanol–water partition coefficient (Wildman–Crippen LogP) is 4.21. The summed E-state index contributed by atoms with van der Waals surface area (Å²) < 4.78 is 5.41. The second-order valence-corrected chi connectivity index (χ2v) is 9.51. The molecule has 35 heavy (non-hydrogen) atoms. The average molecular weight is 472 g/mol. The van der Waals surface area contributed by atoms with Crippen LogP contribution in [0.3, 0.4) is 0 Å². The first kappa shape index (κ1) is 23.5. The van der Waals surface area contributed by atoms with E-state index in [1.807, 2.05) is 59.5 Å². The van der Waals surface area contributed by atoms with Crippen molar-refractivity contribution in [1.29, 1.82) is 0 Å². The van der Waals surface area contributed by atoms with Crippen LogP contribution in [0.15, 0.2) is 66.7 Å². The van der Waals surface area contributed by atoms with Gasteiger partial charge in [-0.2, -0.15) is 0 Å². The van der Waals surface area contributed by atoms with Crippen molar-refractivity contribution in [1.82, 2.24) is 9.80 Å². The maximum absolute atomic E-state index is 13.3. The molecule has 0 aromatic heterocycles. The monoisotopic (exact) mass is 471 g/mol. The van der Waals surface area contributed by atoms with Crippen molar-refractivity contribution < 1.29 is 14.3 Å². The van der Waals surface area contributed by atoms with E-state index < -0.39 is 0 Å². The third-order valence-electron chi connectivity index (χ3n) is 7.14. The molecule has 3 aromatic carbocycles. The summed E-state index contributed by atoms with van der Waals surface area (Å²) in [6.45, 7) is 5.78. The van der Waals surface area contributed by atoms with E-state index in [9.17, 15) is 9.59 Å². The molecule has 1 atom stereocenters. The minimum Gasteiger partial charge on any atom is -0.379 e. The van der Waals surface area contributed by atoms with Gasteiger partial charge in [0.05, 0.1) is 19.1 Å². The number of fused-ring (bicyclic) bond motifs is 1. The zero-order valence-corrected chi connectivity index (χ0v) is 20.1. The first-order chi connectivity index (χ1) is 17.2. The number of morpholine rings is 1. The molecule has 5 rings (SSSR count). The number of likely N-dealkylation sites (tertiary alicyclic amines) is 1. The Morgan fingerprint density at radius 3 is 2.51 bits per heavy atom. The summed E-state index contributed by atoms with van der Waals surface area (Å²) in [5.41, 5.74) is 2.78. The zero-order valence-electron chi connectivity index (χ0n) is 20.1. The van der Waals surface area contributed by atoms with E-state index in [1.165, 1.54) is 5.56 Å². The quantitative estimate of drug-likeness (QED) is 0.585. The van der Waals surface area contributed by atoms with Crippen molar-refractivity contribution in [3.05, 3.63) is 77.9 Å². The topological polar surface area (TPSA) is 61.9 Å². The molecular formula is C29H33N3O3. The van der Waals surface area contributed by atoms with Crippen LogP contribution in [-0.2, 0) is 16.0 Å². The molecule has 1 N–H and O–H groups in total. The lowest BCUT2D eigenvalue weighted by Gasteiger charge is -2.32. The lowest BCUT2D eigenvalue weighted by molar-refractivity contribution is -0.121. The minimum absolute atomic E-state index is 0.00363. The fraction of sp³-hybridized carbons (Fsp3) is 0.379. The fourth-order valence-corrected chi connectivity index (χ4v) is 5.07. The van der Waals surface area contributed by atoms with Gasteiger partial charge >= 0.3 is 0 Å². The number of piperidine rings is 1. The van der Waals surface area contributed by atoms with Crippen molar-refractivity contribution >= 4 is 28.3 Å². The highest BCUT2D eigenvalue weighted by molar-refractivity contribution is 6.07. The second kappa shape index (κ2) is 11.0. The summed E-state index contributed by atoms with van der Waals surface area (Å²) in [7, 11) is 0. The predicted molar refractivity (Wildman–Crippen MR) is 139 cm³/mol. The van der Waals surface area contributed by atoms with Crippen LogP contribution in [-0.4, -0.2) is 67.6 Å². The number of anilines is 1. The van der Waals surface area contributed by atoms with Crippen LogP contribution in [0.25, 0.3) is 10.8 Å². The largest absolute Gasteiger partial charge is 0.379 e. The first-order valence-corrected chi connectivity index (χ1v) is 12.6. The van der Waals surface area contributed by atoms with Gasteiger partial charge in [-0.3, -0.25) is 14.5 Å². The third kappa shape index (κ3) is 5.72. The van der Waals surface area contributed by atoms with Crippen LogP contribution in [0.1, 0.15) is 28.8 Å². The first-order valence-electron chi connectivity index (χ1n) is 12.6. The molecule has 6 heteroatoms. The summed E-state index contributed by atoms with van der Waals surface area (Å²) in [6.07, 6.45) is 2.61. The maximum atomic E-state index is 13.3. The zero-order chi connectivity index (χ0) is 24.0. The van der Waals surface area contributed by atoms with Crippen LogP contribution in [0.2, 0.25) is 0 Å². The number of carbonyl (C=O) groups is 2. The highest BCUT2D eigenvalue weighted by Crippen LogP contribution is 2.24. The Bertz CT molecular complexity index is 1170. The van der Waals surface area contributed by atoms with Crippen molar-refractivity contribution in [2.75, 3.05) is 51.3 Å². The molecule has 182 valence electrons. The average Bonchev–Trinajstić information content (AvgIpc) is 2.92. The van der Waals surface area contributed by atoms with Gasteiger partial charge in [0.25, 0.3) is 5.91 Å². The van der Waals surface area contributed by atoms with E-state index in [0.717, 1.165) is 68.6 Å². The molecule has 0 aliphatic carbocycles. The van der Waals surface area contributed by atoms with E-state index in [-0.39, 0.29) is 17.7 Å². The van der Waals surface area contributed by atoms with Gasteiger partial charge in [0.15, 0.2) is 0 Å². The molecule has 0 bridgehead atoms. The summed E-state index contributed by atoms with van der Waals surface area (Å²) >= 11 is 0. The Labute approximate surface area is 206 Å². The summed E-state index contributed by atoms with van der Waals surface area (Å²) in [5.74, 6) is -0.214. The van der Waals surface area contributed by atoms with Gasteiger partial charge in [0, 0.05) is 44.0 Å². The molecule has 2 saturated heterocycles. The molecule has 0 spiro atoms. The van der Waals surface area contributed by atoms with Crippen LogP contribution >= 0.6 is 0 Å². The van der Waals surface area contributed by atoms with Crippen LogP contribution < -0.4 is 5.32 Å². The number of hydrogen-bond acceptors (Lipinski definition) is 4. The van der Waals surface area contributed by atoms with E-state index in [4.69, 9.17) is 4.74 Å². The molecule has 6 nitrogen and oxygen atoms in total. The van der Waals surface area contributed by atoms with E-state index in [1.54, 1.807) is 0 Å². The number of ether oxygens (including phenoxy) is 1. The van der Waals surface area contributed by atoms with Gasteiger partial charge in [0.1, 0.15) is 0 Å². The second-order valence-electron chi connectivity index (χ2n) is 9.51. The number of nitrogens with zero attached hydrogens (tertiary/aromatic N) is 2. The molecule has 2 heterocycles. The highest BCUT2D eigenvalue weighted by atomic mass is 16.5. The normalized spacial score (nSPS) is 19.0. The molecule has 0 radical (unpaired) electrons. The number of nitrogens with one attached hydrogen (secondary N) is 1. The lowest BCUT2D eigenvalue weighted by Crippen LogP contribution is -2.43. The van der Waals surface area contributed by atoms with Crippen molar-refractivity contribution in [2.24, 2.45) is 5.92 Å². The van der Waals surface area contributed by atoms with Crippen LogP contribution in [0.5, 0.6) is 0 Å². The van der Waals surface area contributed by atoms with Gasteiger partial charge in [-0.15, -0.1) is 0 Å². The standard InChI is InChI=1S/C29H33N3O3/c33-28(30-25-12-10-22(11-13-25)14-16-31-17-19-35-20-18-31)24-7-4-15-32(21-24)29(34)27-9-3-6-23-5-1-2-8-26(23)27/h1-3,5-6,8-13,24H,4,7,14-21H2,(H,30,33). The Kier molecular flexibility index (Phi) is 7.40. The van der Waals surface area contributed by atoms with Gasteiger partial charge in [-0.1, -0.05) is 48.5 Å². The number of amides is 2. The summed E-state index contributed by atoms with van der Waals surface area (Å²) in [4.78, 5) is 30.6. The third-order valence-corrected chi connectivity index (χ3v) is 7.14. The van der Waals surface area contributed by atoms with Gasteiger partial charge in [-0.05, 0) is 53.8 Å². The van der Waals surface area contributed by atoms with Crippen molar-refractivity contribution in [2.45, 2.75) is 19.3 Å². The molecule has 0 saturated carbocycles. The number of carbonyl (C=O) groups excluding carboxylic acids is 2. The molecule has 3 aromatic rings. The van der Waals surface area contributed by atoms with E-state index in [2.05, 4.69) is 22.3 Å². The summed E-state index contributed by atoms with van der Waals surface area (Å²) in [5, 5.41) is 5.08. The maximum Gasteiger partial charge on any atom is 0.254 e. The SMILES string of the molecule is O=C(Nc1ccc(CCN2CCOCC2)cc1)C1CCCN(C(=O)c2cccc3ccccc23)C1. The molecule has 2 aliphatic heterocycles. The highest BCUT2D eigenvalue weighted by Gasteiger charge is 2.29. The number of hydrogen-bond donors (Lipinski definition) is 1. The molecular weight excluding hydrogens is 438 g/mol. The fourth-order valence-electron chi connectivity index (χ4n) is 5.07. The number of benzene rings is 3. The number of rotatable bonds is 6. The van der Waals surface area contributed by atoms with Gasteiger partial charge in [-0.25, -0.2) is 0 Å². The molecule has 2 amide bonds. The smallest absolute Gasteiger partial charge is 0.254 e. The van der Waals surface area contributed by atoms with E-state index in [0.29, 0.717) is 18.7 Å². The van der Waals surface area contributed by atoms with Crippen molar-refractivity contribution in [3.63, 3.8) is 0 Å². The van der Waals surface area contributed by atoms with Gasteiger partial charge in [0.2, 0.25) is 5.91 Å². The molecule has 2 aliphatic rings. The lowest BCUT2D eigenvalue weighted by atomic mass is 9.95. The van der Waals surface area contributed by atoms with Gasteiger partial charge < -0.3 is 15.0 Å². The van der Waals surface area contributed by atoms with Crippen LogP contribution in [0.4, 0.5) is 5.69 Å². The van der Waals surface area contributed by atoms with Crippen molar-refractivity contribution in [3.8, 4) is 0 Å². The Morgan fingerprint density at radius 1 is 0.914 bits per heavy atom. The molecule has 1 unspecified atom stereocenters. The Hall–Kier alpha value is -3.22.